The molecule has 0 fully saturated rings. The number of para-hydroxylation sites is 1. The van der Waals surface area contributed by atoms with Crippen LogP contribution in [0.4, 0.5) is 16.2 Å². The summed E-state index contributed by atoms with van der Waals surface area (Å²) < 4.78 is 11.7. The van der Waals surface area contributed by atoms with Crippen LogP contribution in [-0.2, 0) is 6.54 Å². The van der Waals surface area contributed by atoms with Gasteiger partial charge in [-0.3, -0.25) is 14.7 Å². The number of amides is 3. The number of ether oxygens (including phenoxy) is 1. The molecular formula is C28H36N6O5. The first-order valence-corrected chi connectivity index (χ1v) is 13.0. The first-order valence-electron chi connectivity index (χ1n) is 13.0. The Kier molecular flexibility index (Phi) is 8.82. The number of nitrogens with zero attached hydrogens (tertiary/aromatic N) is 4. The smallest absolute Gasteiger partial charge is 0.323 e. The maximum atomic E-state index is 13.7. The predicted molar refractivity (Wildman–Crippen MR) is 147 cm³/mol. The van der Waals surface area contributed by atoms with Crippen molar-refractivity contribution in [3.05, 3.63) is 65.3 Å². The van der Waals surface area contributed by atoms with Crippen LogP contribution in [0.25, 0.3) is 0 Å². The second-order valence-electron chi connectivity index (χ2n) is 10.1. The third-order valence-electron chi connectivity index (χ3n) is 6.90. The van der Waals surface area contributed by atoms with Gasteiger partial charge in [0, 0.05) is 37.9 Å². The number of aliphatic hydroxyl groups excluding tert-OH is 1. The standard InChI is InChI=1S/C28H36N6O5/c1-17-13-34(18(2)16-35)27(36)22-7-6-8-23(30-28(37)31-25-19(3)32-39-20(25)4)26(22)38-24(17)15-33(5)14-21-9-11-29-12-10-21/h6-12,17-18,24,35H,13-16H2,1-5H3,(H2,30,31,37)/t17-,18+,24+/m1/s1. The van der Waals surface area contributed by atoms with Crippen LogP contribution in [0.15, 0.2) is 47.2 Å². The number of carbonyl (C=O) groups is 2. The SMILES string of the molecule is Cc1noc(C)c1NC(=O)Nc1cccc2c1O[C@@H](CN(C)Cc1ccncc1)[C@H](C)CN([C@@H](C)CO)C2=O. The highest BCUT2D eigenvalue weighted by Gasteiger charge is 2.34. The number of rotatable bonds is 8. The van der Waals surface area contributed by atoms with E-state index < -0.39 is 6.03 Å². The number of pyridine rings is 1. The number of aryl methyl sites for hydroxylation is 2. The molecule has 1 aliphatic heterocycles. The van der Waals surface area contributed by atoms with E-state index >= 15 is 0 Å². The first kappa shape index (κ1) is 28.1. The zero-order valence-corrected chi connectivity index (χ0v) is 23.0. The Bertz CT molecular complexity index is 1280. The van der Waals surface area contributed by atoms with Gasteiger partial charge in [-0.25, -0.2) is 4.79 Å². The number of likely N-dealkylation sites (N-methyl/N-ethyl adjacent to an activating group) is 1. The average Bonchev–Trinajstić information content (AvgIpc) is 3.23. The maximum Gasteiger partial charge on any atom is 0.323 e. The van der Waals surface area contributed by atoms with Gasteiger partial charge < -0.3 is 29.9 Å². The molecule has 0 radical (unpaired) electrons. The van der Waals surface area contributed by atoms with Gasteiger partial charge in [0.1, 0.15) is 17.5 Å². The third kappa shape index (κ3) is 6.55. The molecule has 1 aromatic carbocycles. The summed E-state index contributed by atoms with van der Waals surface area (Å²) in [4.78, 5) is 34.5. The predicted octanol–water partition coefficient (Wildman–Crippen LogP) is 3.68. The number of fused-ring (bicyclic) bond motifs is 1. The van der Waals surface area contributed by atoms with Crippen LogP contribution in [0, 0.1) is 19.8 Å². The Morgan fingerprint density at radius 2 is 1.97 bits per heavy atom. The van der Waals surface area contributed by atoms with Crippen molar-refractivity contribution < 1.29 is 24.0 Å². The topological polar surface area (TPSA) is 133 Å². The minimum Gasteiger partial charge on any atom is -0.486 e. The van der Waals surface area contributed by atoms with E-state index in [9.17, 15) is 14.7 Å². The van der Waals surface area contributed by atoms with Crippen LogP contribution < -0.4 is 15.4 Å². The van der Waals surface area contributed by atoms with Crippen molar-refractivity contribution in [1.29, 1.82) is 0 Å². The van der Waals surface area contributed by atoms with E-state index in [0.717, 1.165) is 5.56 Å². The van der Waals surface area contributed by atoms with Crippen molar-refractivity contribution in [2.45, 2.75) is 46.4 Å². The molecule has 3 N–H and O–H groups in total. The van der Waals surface area contributed by atoms with Crippen LogP contribution >= 0.6 is 0 Å². The molecule has 3 amide bonds. The van der Waals surface area contributed by atoms with Crippen LogP contribution in [-0.4, -0.2) is 75.9 Å². The Balaban J connectivity index is 1.64. The maximum absolute atomic E-state index is 13.7. The quantitative estimate of drug-likeness (QED) is 0.397. The average molecular weight is 537 g/mol. The number of aromatic nitrogens is 2. The second-order valence-corrected chi connectivity index (χ2v) is 10.1. The van der Waals surface area contributed by atoms with Crippen LogP contribution in [0.2, 0.25) is 0 Å². The summed E-state index contributed by atoms with van der Waals surface area (Å²) in [5.41, 5.74) is 2.83. The van der Waals surface area contributed by atoms with Gasteiger partial charge >= 0.3 is 6.03 Å². The molecule has 0 unspecified atom stereocenters. The Morgan fingerprint density at radius 3 is 2.64 bits per heavy atom. The van der Waals surface area contributed by atoms with Crippen molar-refractivity contribution in [3.63, 3.8) is 0 Å². The van der Waals surface area contributed by atoms with Gasteiger partial charge in [-0.15, -0.1) is 0 Å². The molecule has 3 aromatic rings. The number of nitrogens with one attached hydrogen (secondary N) is 2. The largest absolute Gasteiger partial charge is 0.486 e. The molecule has 0 aliphatic carbocycles. The fraction of sp³-hybridized carbons (Fsp3) is 0.429. The lowest BCUT2D eigenvalue weighted by atomic mass is 9.99. The molecule has 4 rings (SSSR count). The van der Waals surface area contributed by atoms with Crippen molar-refractivity contribution >= 4 is 23.3 Å². The molecule has 39 heavy (non-hydrogen) atoms. The Hall–Kier alpha value is -3.96. The molecule has 3 atom stereocenters. The molecule has 3 heterocycles. The highest BCUT2D eigenvalue weighted by atomic mass is 16.5. The third-order valence-corrected chi connectivity index (χ3v) is 6.90. The van der Waals surface area contributed by atoms with Crippen molar-refractivity contribution in [3.8, 4) is 5.75 Å². The number of aliphatic hydroxyl groups is 1. The molecule has 0 saturated heterocycles. The minimum absolute atomic E-state index is 0.0693. The first-order chi connectivity index (χ1) is 18.7. The number of hydrogen-bond acceptors (Lipinski definition) is 8. The molecule has 0 bridgehead atoms. The fourth-order valence-electron chi connectivity index (χ4n) is 4.66. The summed E-state index contributed by atoms with van der Waals surface area (Å²) in [6, 6.07) is 8.11. The summed E-state index contributed by atoms with van der Waals surface area (Å²) in [5, 5.41) is 19.4. The van der Waals surface area contributed by atoms with Gasteiger partial charge in [0.2, 0.25) is 0 Å². The second kappa shape index (κ2) is 12.3. The van der Waals surface area contributed by atoms with E-state index in [2.05, 4.69) is 25.7 Å². The van der Waals surface area contributed by atoms with Crippen LogP contribution in [0.5, 0.6) is 5.75 Å². The van der Waals surface area contributed by atoms with Gasteiger partial charge in [-0.2, -0.15) is 0 Å². The van der Waals surface area contributed by atoms with Gasteiger partial charge in [-0.1, -0.05) is 18.1 Å². The highest BCUT2D eigenvalue weighted by molar-refractivity contribution is 6.04. The van der Waals surface area contributed by atoms with Crippen molar-refractivity contribution in [1.82, 2.24) is 19.9 Å². The summed E-state index contributed by atoms with van der Waals surface area (Å²) in [7, 11) is 2.01. The van der Waals surface area contributed by atoms with E-state index in [1.165, 1.54) is 0 Å². The Morgan fingerprint density at radius 1 is 1.23 bits per heavy atom. The van der Waals surface area contributed by atoms with E-state index in [1.54, 1.807) is 49.3 Å². The molecular weight excluding hydrogens is 500 g/mol. The molecule has 11 nitrogen and oxygen atoms in total. The summed E-state index contributed by atoms with van der Waals surface area (Å²) in [6.07, 6.45) is 3.21. The van der Waals surface area contributed by atoms with Crippen molar-refractivity contribution in [2.75, 3.05) is 37.4 Å². The van der Waals surface area contributed by atoms with Crippen molar-refractivity contribution in [2.24, 2.45) is 5.92 Å². The van der Waals surface area contributed by atoms with E-state index in [1.807, 2.05) is 33.0 Å². The van der Waals surface area contributed by atoms with Crippen LogP contribution in [0.1, 0.15) is 41.2 Å². The molecule has 11 heteroatoms. The summed E-state index contributed by atoms with van der Waals surface area (Å²) in [6.45, 7) is 8.79. The molecule has 0 spiro atoms. The molecule has 2 aromatic heterocycles. The summed E-state index contributed by atoms with van der Waals surface area (Å²) in [5.74, 6) is 0.439. The number of benzene rings is 1. The normalized spacial score (nSPS) is 18.1. The number of carbonyl (C=O) groups excluding carboxylic acids is 2. The van der Waals surface area contributed by atoms with E-state index in [4.69, 9.17) is 9.26 Å². The van der Waals surface area contributed by atoms with Gasteiger partial charge in [0.25, 0.3) is 5.91 Å². The zero-order valence-electron chi connectivity index (χ0n) is 23.0. The van der Waals surface area contributed by atoms with E-state index in [-0.39, 0.29) is 30.6 Å². The zero-order chi connectivity index (χ0) is 28.1. The molecule has 1 aliphatic rings. The fourth-order valence-corrected chi connectivity index (χ4v) is 4.66. The summed E-state index contributed by atoms with van der Waals surface area (Å²) >= 11 is 0. The lowest BCUT2D eigenvalue weighted by molar-refractivity contribution is 0.0343. The lowest BCUT2D eigenvalue weighted by Crippen LogP contribution is -2.49. The monoisotopic (exact) mass is 536 g/mol. The number of urea groups is 1. The minimum atomic E-state index is -0.518. The molecule has 0 saturated carbocycles. The lowest BCUT2D eigenvalue weighted by Gasteiger charge is -2.38. The van der Waals surface area contributed by atoms with Crippen LogP contribution in [0.3, 0.4) is 0 Å². The number of anilines is 2. The number of hydrogen-bond donors (Lipinski definition) is 3. The van der Waals surface area contributed by atoms with Gasteiger partial charge in [0.15, 0.2) is 11.5 Å². The van der Waals surface area contributed by atoms with Gasteiger partial charge in [-0.05, 0) is 57.6 Å². The van der Waals surface area contributed by atoms with Gasteiger partial charge in [0.05, 0.1) is 23.9 Å². The Labute approximate surface area is 228 Å². The molecule has 208 valence electrons. The van der Waals surface area contributed by atoms with E-state index in [0.29, 0.717) is 53.8 Å². The highest BCUT2D eigenvalue weighted by Crippen LogP contribution is 2.35.